The second-order valence-electron chi connectivity index (χ2n) is 6.22. The summed E-state index contributed by atoms with van der Waals surface area (Å²) in [5.41, 5.74) is 5.68. The summed E-state index contributed by atoms with van der Waals surface area (Å²) < 4.78 is 5.39. The first kappa shape index (κ1) is 18.5. The van der Waals surface area contributed by atoms with Gasteiger partial charge in [-0.2, -0.15) is 0 Å². The van der Waals surface area contributed by atoms with Crippen molar-refractivity contribution in [3.63, 3.8) is 0 Å². The minimum atomic E-state index is -0.967. The summed E-state index contributed by atoms with van der Waals surface area (Å²) in [6.45, 7) is 2.05. The van der Waals surface area contributed by atoms with E-state index in [9.17, 15) is 9.90 Å². The van der Waals surface area contributed by atoms with Crippen LogP contribution in [0.2, 0.25) is 0 Å². The van der Waals surface area contributed by atoms with Gasteiger partial charge in [-0.05, 0) is 51.9 Å². The summed E-state index contributed by atoms with van der Waals surface area (Å²) in [4.78, 5) is 11.4. The molecular weight excluding hydrogens is 336 g/mol. The fourth-order valence-corrected chi connectivity index (χ4v) is 3.15. The van der Waals surface area contributed by atoms with Crippen LogP contribution >= 0.6 is 0 Å². The molecule has 0 aromatic heterocycles. The second-order valence-corrected chi connectivity index (χ2v) is 6.22. The van der Waals surface area contributed by atoms with Gasteiger partial charge in [-0.1, -0.05) is 67.6 Å². The molecule has 0 atom stereocenters. The fraction of sp³-hybridized carbons (Fsp3) is 0.125. The first-order chi connectivity index (χ1) is 13.1. The topological polar surface area (TPSA) is 46.5 Å². The Morgan fingerprint density at radius 1 is 0.926 bits per heavy atom. The molecule has 27 heavy (non-hydrogen) atoms. The van der Waals surface area contributed by atoms with E-state index in [1.54, 1.807) is 7.11 Å². The third kappa shape index (κ3) is 4.26. The summed E-state index contributed by atoms with van der Waals surface area (Å²) in [6, 6.07) is 23.9. The number of carboxylic acid groups (broad SMARTS) is 1. The Labute approximate surface area is 159 Å². The maximum absolute atomic E-state index is 11.4. The van der Waals surface area contributed by atoms with Gasteiger partial charge < -0.3 is 9.84 Å². The van der Waals surface area contributed by atoms with Gasteiger partial charge in [0, 0.05) is 6.08 Å². The molecule has 0 saturated heterocycles. The van der Waals surface area contributed by atoms with Gasteiger partial charge >= 0.3 is 5.97 Å². The van der Waals surface area contributed by atoms with E-state index in [2.05, 4.69) is 19.1 Å². The standard InChI is InChI=1S/C24H22O3/c1-3-17-15-21(13-14-23(17)27-2)22(16-24(25)26)20-11-9-19(10-12-20)18-7-5-4-6-8-18/h4-16H,3H2,1-2H3,(H,25,26). The summed E-state index contributed by atoms with van der Waals surface area (Å²) in [5.74, 6) is -0.152. The van der Waals surface area contributed by atoms with Gasteiger partial charge in [0.1, 0.15) is 5.75 Å². The molecule has 1 N–H and O–H groups in total. The normalized spacial score (nSPS) is 11.3. The van der Waals surface area contributed by atoms with Crippen LogP contribution in [0.3, 0.4) is 0 Å². The lowest BCUT2D eigenvalue weighted by atomic mass is 9.93. The van der Waals surface area contributed by atoms with Crippen LogP contribution in [0.15, 0.2) is 78.9 Å². The zero-order valence-corrected chi connectivity index (χ0v) is 15.5. The van der Waals surface area contributed by atoms with Gasteiger partial charge in [-0.25, -0.2) is 4.79 Å². The number of aliphatic carboxylic acids is 1. The van der Waals surface area contributed by atoms with Crippen LogP contribution in [0.4, 0.5) is 0 Å². The fourth-order valence-electron chi connectivity index (χ4n) is 3.15. The quantitative estimate of drug-likeness (QED) is 0.597. The largest absolute Gasteiger partial charge is 0.496 e. The number of hydrogen-bond acceptors (Lipinski definition) is 2. The highest BCUT2D eigenvalue weighted by Gasteiger charge is 2.11. The molecule has 3 aromatic rings. The van der Waals surface area contributed by atoms with Crippen molar-refractivity contribution in [1.82, 2.24) is 0 Å². The highest BCUT2D eigenvalue weighted by Crippen LogP contribution is 2.30. The molecule has 0 unspecified atom stereocenters. The lowest BCUT2D eigenvalue weighted by molar-refractivity contribution is -0.131. The van der Waals surface area contributed by atoms with Crippen LogP contribution in [0.25, 0.3) is 16.7 Å². The molecule has 0 bridgehead atoms. The molecule has 3 rings (SSSR count). The van der Waals surface area contributed by atoms with Crippen LogP contribution in [-0.2, 0) is 11.2 Å². The lowest BCUT2D eigenvalue weighted by Crippen LogP contribution is -1.97. The van der Waals surface area contributed by atoms with Crippen molar-refractivity contribution in [1.29, 1.82) is 0 Å². The maximum atomic E-state index is 11.4. The number of hydrogen-bond donors (Lipinski definition) is 1. The number of benzene rings is 3. The zero-order chi connectivity index (χ0) is 19.2. The van der Waals surface area contributed by atoms with Gasteiger partial charge in [0.2, 0.25) is 0 Å². The van der Waals surface area contributed by atoms with Crippen LogP contribution in [0.5, 0.6) is 5.75 Å². The Hall–Kier alpha value is -3.33. The second kappa shape index (κ2) is 8.37. The molecular formula is C24H22O3. The Morgan fingerprint density at radius 2 is 1.56 bits per heavy atom. The van der Waals surface area contributed by atoms with Crippen molar-refractivity contribution in [3.8, 4) is 16.9 Å². The van der Waals surface area contributed by atoms with Crippen molar-refractivity contribution in [2.45, 2.75) is 13.3 Å². The summed E-state index contributed by atoms with van der Waals surface area (Å²) in [6.07, 6.45) is 2.07. The molecule has 3 aromatic carbocycles. The molecule has 0 heterocycles. The molecule has 136 valence electrons. The third-order valence-corrected chi connectivity index (χ3v) is 4.54. The molecule has 0 fully saturated rings. The van der Waals surface area contributed by atoms with E-state index in [0.29, 0.717) is 5.57 Å². The average molecular weight is 358 g/mol. The summed E-state index contributed by atoms with van der Waals surface area (Å²) in [5, 5.41) is 9.37. The zero-order valence-electron chi connectivity index (χ0n) is 15.5. The Morgan fingerprint density at radius 3 is 2.15 bits per heavy atom. The average Bonchev–Trinajstić information content (AvgIpc) is 2.72. The lowest BCUT2D eigenvalue weighted by Gasteiger charge is -2.13. The van der Waals surface area contributed by atoms with Gasteiger partial charge in [0.05, 0.1) is 7.11 Å². The van der Waals surface area contributed by atoms with Gasteiger partial charge in [-0.3, -0.25) is 0 Å². The van der Waals surface area contributed by atoms with E-state index in [1.807, 2.05) is 60.7 Å². The highest BCUT2D eigenvalue weighted by atomic mass is 16.5. The van der Waals surface area contributed by atoms with Gasteiger partial charge in [-0.15, -0.1) is 0 Å². The molecule has 0 aliphatic rings. The van der Waals surface area contributed by atoms with Crippen LogP contribution in [0, 0.1) is 0 Å². The summed E-state index contributed by atoms with van der Waals surface area (Å²) in [7, 11) is 1.64. The van der Waals surface area contributed by atoms with E-state index in [4.69, 9.17) is 4.74 Å². The predicted octanol–water partition coefficient (Wildman–Crippen LogP) is 5.44. The van der Waals surface area contributed by atoms with Crippen LogP contribution in [-0.4, -0.2) is 18.2 Å². The molecule has 0 aliphatic carbocycles. The Balaban J connectivity index is 2.03. The number of aryl methyl sites for hydroxylation is 1. The smallest absolute Gasteiger partial charge is 0.328 e. The predicted molar refractivity (Wildman–Crippen MR) is 109 cm³/mol. The van der Waals surface area contributed by atoms with Gasteiger partial charge in [0.25, 0.3) is 0 Å². The Kier molecular flexibility index (Phi) is 5.72. The molecule has 0 saturated carbocycles. The number of methoxy groups -OCH3 is 1. The number of ether oxygens (including phenoxy) is 1. The molecule has 0 spiro atoms. The van der Waals surface area contributed by atoms with Crippen molar-refractivity contribution < 1.29 is 14.6 Å². The molecule has 0 amide bonds. The number of carbonyl (C=O) groups is 1. The summed E-state index contributed by atoms with van der Waals surface area (Å²) >= 11 is 0. The highest BCUT2D eigenvalue weighted by molar-refractivity contribution is 5.95. The number of rotatable bonds is 6. The molecule has 3 heteroatoms. The third-order valence-electron chi connectivity index (χ3n) is 4.54. The van der Waals surface area contributed by atoms with Crippen molar-refractivity contribution in [2.75, 3.05) is 7.11 Å². The van der Waals surface area contributed by atoms with E-state index in [1.165, 1.54) is 6.08 Å². The van der Waals surface area contributed by atoms with Crippen molar-refractivity contribution in [2.24, 2.45) is 0 Å². The first-order valence-corrected chi connectivity index (χ1v) is 8.90. The van der Waals surface area contributed by atoms with Crippen LogP contribution < -0.4 is 4.74 Å². The molecule has 3 nitrogen and oxygen atoms in total. The van der Waals surface area contributed by atoms with E-state index in [0.717, 1.165) is 40.0 Å². The minimum Gasteiger partial charge on any atom is -0.496 e. The SMILES string of the molecule is CCc1cc(C(=CC(=O)O)c2ccc(-c3ccccc3)cc2)ccc1OC. The van der Waals surface area contributed by atoms with Gasteiger partial charge in [0.15, 0.2) is 0 Å². The van der Waals surface area contributed by atoms with E-state index in [-0.39, 0.29) is 0 Å². The monoisotopic (exact) mass is 358 g/mol. The van der Waals surface area contributed by atoms with E-state index >= 15 is 0 Å². The maximum Gasteiger partial charge on any atom is 0.328 e. The molecule has 0 radical (unpaired) electrons. The minimum absolute atomic E-state index is 0.680. The van der Waals surface area contributed by atoms with Crippen LogP contribution in [0.1, 0.15) is 23.6 Å². The van der Waals surface area contributed by atoms with E-state index < -0.39 is 5.97 Å². The number of carboxylic acids is 1. The Bertz CT molecular complexity index is 955. The molecule has 0 aliphatic heterocycles. The van der Waals surface area contributed by atoms with Crippen molar-refractivity contribution in [3.05, 3.63) is 95.6 Å². The van der Waals surface area contributed by atoms with Crippen molar-refractivity contribution >= 4 is 11.5 Å². The first-order valence-electron chi connectivity index (χ1n) is 8.90.